The zero-order chi connectivity index (χ0) is 53.6. The summed E-state index contributed by atoms with van der Waals surface area (Å²) in [4.78, 5) is 79.9. The van der Waals surface area contributed by atoms with E-state index in [1.54, 1.807) is 97.1 Å². The van der Waals surface area contributed by atoms with Crippen molar-refractivity contribution in [1.82, 2.24) is 20.4 Å². The van der Waals surface area contributed by atoms with Crippen LogP contribution in [0.15, 0.2) is 97.1 Å². The van der Waals surface area contributed by atoms with Crippen LogP contribution in [0.4, 0.5) is 9.59 Å². The first kappa shape index (κ1) is 58.4. The molecule has 0 bridgehead atoms. The van der Waals surface area contributed by atoms with E-state index in [0.717, 1.165) is 35.1 Å². The van der Waals surface area contributed by atoms with Crippen LogP contribution in [0.1, 0.15) is 157 Å². The fraction of sp³-hybridized carbons (Fsp3) is 0.464. The van der Waals surface area contributed by atoms with Crippen molar-refractivity contribution in [2.45, 2.75) is 116 Å². The van der Waals surface area contributed by atoms with Crippen LogP contribution in [0.3, 0.4) is 0 Å². The molecule has 0 heterocycles. The smallest absolute Gasteiger partial charge is 0.407 e. The SMILES string of the molecule is CN(CCOC(=O)NCCCCCCNC(=O)OCCN(C)C(c1ccc(C(=O)C(C)(C)O)cc1)c1ccc(C(=O)C(C)(C)O)cc1)C(c1ccc(C(=O)C(C)(C)O)cc1)c1ccc(C(=O)C(C)(C)O)cc1. The van der Waals surface area contributed by atoms with Gasteiger partial charge < -0.3 is 40.5 Å². The number of benzene rings is 4. The summed E-state index contributed by atoms with van der Waals surface area (Å²) in [6, 6.07) is 26.9. The predicted octanol–water partition coefficient (Wildman–Crippen LogP) is 7.26. The Morgan fingerprint density at radius 1 is 0.417 bits per heavy atom. The van der Waals surface area contributed by atoms with Gasteiger partial charge in [0, 0.05) is 48.4 Å². The van der Waals surface area contributed by atoms with Crippen molar-refractivity contribution in [2.24, 2.45) is 0 Å². The number of amides is 2. The van der Waals surface area contributed by atoms with Gasteiger partial charge >= 0.3 is 12.2 Å². The van der Waals surface area contributed by atoms with E-state index in [2.05, 4.69) is 10.6 Å². The number of unbranched alkanes of at least 4 members (excludes halogenated alkanes) is 3. The van der Waals surface area contributed by atoms with Crippen molar-refractivity contribution in [3.8, 4) is 0 Å². The third kappa shape index (κ3) is 17.3. The summed E-state index contributed by atoms with van der Waals surface area (Å²) in [6.07, 6.45) is 1.88. The van der Waals surface area contributed by atoms with E-state index >= 15 is 0 Å². The van der Waals surface area contributed by atoms with Crippen molar-refractivity contribution >= 4 is 35.3 Å². The van der Waals surface area contributed by atoms with Crippen molar-refractivity contribution in [3.05, 3.63) is 142 Å². The number of rotatable bonds is 27. The van der Waals surface area contributed by atoms with E-state index in [4.69, 9.17) is 9.47 Å². The standard InChI is InChI=1S/C56H74N4O12/c1-53(2,67)47(61)41-23-15-37(16-24-41)45(38-17-25-42(26-18-38)48(62)54(3,4)68)59(9)33-35-71-51(65)57-31-13-11-12-14-32-58-52(66)72-36-34-60(10)46(39-19-27-43(28-20-39)49(63)55(5,6)69)40-21-29-44(30-22-40)50(64)56(7,8)70/h15-30,45-46,67-70H,11-14,31-36H2,1-10H3,(H,57,65)(H,58,66). The molecule has 6 N–H and O–H groups in total. The van der Waals surface area contributed by atoms with Gasteiger partial charge in [-0.05, 0) is 105 Å². The molecule has 0 fully saturated rings. The zero-order valence-electron chi connectivity index (χ0n) is 43.4. The maximum absolute atomic E-state index is 12.7. The molecule has 0 aliphatic heterocycles. The van der Waals surface area contributed by atoms with E-state index in [-0.39, 0.29) is 25.3 Å². The molecule has 0 saturated heterocycles. The summed E-state index contributed by atoms with van der Waals surface area (Å²) in [6.45, 7) is 13.1. The van der Waals surface area contributed by atoms with Gasteiger partial charge in [-0.3, -0.25) is 29.0 Å². The Labute approximate surface area is 423 Å². The number of hydrogen-bond acceptors (Lipinski definition) is 14. The Morgan fingerprint density at radius 2 is 0.639 bits per heavy atom. The average molecular weight is 995 g/mol. The number of nitrogens with zero attached hydrogens (tertiary/aromatic N) is 2. The highest BCUT2D eigenvalue weighted by molar-refractivity contribution is 6.03. The molecule has 4 aromatic rings. The van der Waals surface area contributed by atoms with Crippen LogP contribution in [0, 0.1) is 0 Å². The molecule has 72 heavy (non-hydrogen) atoms. The number of likely N-dealkylation sites (N-methyl/N-ethyl adjacent to an activating group) is 2. The minimum atomic E-state index is -1.53. The van der Waals surface area contributed by atoms with E-state index in [0.29, 0.717) is 61.3 Å². The van der Waals surface area contributed by atoms with Gasteiger partial charge in [0.05, 0.1) is 12.1 Å². The molecule has 16 nitrogen and oxygen atoms in total. The van der Waals surface area contributed by atoms with Crippen molar-refractivity contribution < 1.29 is 58.7 Å². The van der Waals surface area contributed by atoms with Crippen LogP contribution in [0.2, 0.25) is 0 Å². The van der Waals surface area contributed by atoms with Gasteiger partial charge in [-0.1, -0.05) is 110 Å². The lowest BCUT2D eigenvalue weighted by molar-refractivity contribution is 0.0487. The normalized spacial score (nSPS) is 12.3. The number of hydrogen-bond donors (Lipinski definition) is 6. The quantitative estimate of drug-likeness (QED) is 0.0255. The Hall–Kier alpha value is -6.14. The monoisotopic (exact) mass is 995 g/mol. The highest BCUT2D eigenvalue weighted by atomic mass is 16.6. The maximum Gasteiger partial charge on any atom is 0.407 e. The fourth-order valence-corrected chi connectivity index (χ4v) is 7.99. The molecule has 16 heteroatoms. The highest BCUT2D eigenvalue weighted by Gasteiger charge is 2.30. The largest absolute Gasteiger partial charge is 0.448 e. The minimum Gasteiger partial charge on any atom is -0.448 e. The molecule has 0 atom stereocenters. The number of ketones is 4. The van der Waals surface area contributed by atoms with Crippen LogP contribution >= 0.6 is 0 Å². The average Bonchev–Trinajstić information content (AvgIpc) is 3.31. The molecular weight excluding hydrogens is 921 g/mol. The summed E-state index contributed by atoms with van der Waals surface area (Å²) < 4.78 is 11.0. The summed E-state index contributed by atoms with van der Waals surface area (Å²) in [5.74, 6) is -1.65. The lowest BCUT2D eigenvalue weighted by Gasteiger charge is -2.29. The van der Waals surface area contributed by atoms with Gasteiger partial charge in [0.25, 0.3) is 0 Å². The number of nitrogens with one attached hydrogen (secondary N) is 2. The molecule has 390 valence electrons. The van der Waals surface area contributed by atoms with Crippen molar-refractivity contribution in [1.29, 1.82) is 0 Å². The van der Waals surface area contributed by atoms with Gasteiger partial charge in [0.15, 0.2) is 23.1 Å². The number of ether oxygens (including phenoxy) is 2. The van der Waals surface area contributed by atoms with E-state index in [9.17, 15) is 49.2 Å². The number of carbonyl (C=O) groups is 6. The predicted molar refractivity (Wildman–Crippen MR) is 274 cm³/mol. The number of alkyl carbamates (subject to hydrolysis) is 2. The van der Waals surface area contributed by atoms with Crippen molar-refractivity contribution in [3.63, 3.8) is 0 Å². The molecule has 0 aliphatic rings. The topological polar surface area (TPSA) is 232 Å². The van der Waals surface area contributed by atoms with Crippen LogP contribution in [0.25, 0.3) is 0 Å². The number of Topliss-reactive ketones (excluding diaryl/α,β-unsaturated/α-hetero) is 4. The zero-order valence-corrected chi connectivity index (χ0v) is 43.4. The summed E-state index contributed by atoms with van der Waals surface area (Å²) in [5, 5.41) is 46.5. The number of aliphatic hydroxyl groups is 4. The lowest BCUT2D eigenvalue weighted by atomic mass is 9.91. The first-order valence-corrected chi connectivity index (χ1v) is 24.3. The molecule has 0 radical (unpaired) electrons. The summed E-state index contributed by atoms with van der Waals surface area (Å²) >= 11 is 0. The van der Waals surface area contributed by atoms with Gasteiger partial charge in [0.2, 0.25) is 0 Å². The minimum absolute atomic E-state index is 0.0750. The Bertz CT molecular complexity index is 2130. The molecule has 0 saturated carbocycles. The molecule has 0 spiro atoms. The summed E-state index contributed by atoms with van der Waals surface area (Å²) in [7, 11) is 3.73. The van der Waals surface area contributed by atoms with Crippen LogP contribution < -0.4 is 10.6 Å². The van der Waals surface area contributed by atoms with Gasteiger partial charge in [0.1, 0.15) is 35.6 Å². The first-order valence-electron chi connectivity index (χ1n) is 24.3. The third-order valence-corrected chi connectivity index (χ3v) is 12.1. The molecule has 4 rings (SSSR count). The second-order valence-electron chi connectivity index (χ2n) is 20.3. The van der Waals surface area contributed by atoms with Crippen molar-refractivity contribution in [2.75, 3.05) is 53.5 Å². The Kier molecular flexibility index (Phi) is 20.7. The Balaban J connectivity index is 1.19. The molecule has 4 aromatic carbocycles. The second kappa shape index (κ2) is 25.5. The first-order chi connectivity index (χ1) is 33.6. The Morgan fingerprint density at radius 3 is 0.847 bits per heavy atom. The van der Waals surface area contributed by atoms with E-state index in [1.807, 2.05) is 23.9 Å². The molecule has 0 unspecified atom stereocenters. The number of carbonyl (C=O) groups excluding carboxylic acids is 6. The molecule has 0 aliphatic carbocycles. The van der Waals surface area contributed by atoms with Gasteiger partial charge in [-0.2, -0.15) is 0 Å². The highest BCUT2D eigenvalue weighted by Crippen LogP contribution is 2.31. The second-order valence-corrected chi connectivity index (χ2v) is 20.3. The van der Waals surface area contributed by atoms with Gasteiger partial charge in [-0.25, -0.2) is 9.59 Å². The third-order valence-electron chi connectivity index (χ3n) is 12.1. The summed E-state index contributed by atoms with van der Waals surface area (Å²) in [5.41, 5.74) is -1.41. The van der Waals surface area contributed by atoms with Crippen LogP contribution in [-0.2, 0) is 9.47 Å². The van der Waals surface area contributed by atoms with Gasteiger partial charge in [-0.15, -0.1) is 0 Å². The van der Waals surface area contributed by atoms with Crippen LogP contribution in [-0.4, -0.2) is 141 Å². The molecule has 2 amide bonds. The molecular formula is C56H74N4O12. The van der Waals surface area contributed by atoms with E-state index in [1.165, 1.54) is 55.4 Å². The molecule has 0 aromatic heterocycles. The lowest BCUT2D eigenvalue weighted by Crippen LogP contribution is -2.33. The van der Waals surface area contributed by atoms with E-state index < -0.39 is 57.7 Å². The van der Waals surface area contributed by atoms with Crippen LogP contribution in [0.5, 0.6) is 0 Å². The maximum atomic E-state index is 12.7. The fourth-order valence-electron chi connectivity index (χ4n) is 7.99.